The van der Waals surface area contributed by atoms with Gasteiger partial charge in [-0.1, -0.05) is 28.9 Å². The molecular formula is C24H22ClF2N3O2. The Balaban J connectivity index is 1.78. The van der Waals surface area contributed by atoms with Crippen LogP contribution in [0.25, 0.3) is 5.69 Å². The lowest BCUT2D eigenvalue weighted by molar-refractivity contribution is 0.0163. The number of halogens is 3. The lowest BCUT2D eigenvalue weighted by Gasteiger charge is -2.27. The first-order chi connectivity index (χ1) is 15.4. The standard InChI is InChI=1S/C24H22ClF2N3O2/c1-29-12-10-18(11-13-29)32-28-24(19-8-7-17(26)14-21(19)27)16-6-9-23(31)30(15-16)22-5-3-2-4-20(22)25/h2-9,14-15,18H,10-13H2,1H3/b28-24-. The lowest BCUT2D eigenvalue weighted by atomic mass is 10.0. The molecule has 0 radical (unpaired) electrons. The summed E-state index contributed by atoms with van der Waals surface area (Å²) in [5.41, 5.74) is 0.849. The maximum Gasteiger partial charge on any atom is 0.255 e. The van der Waals surface area contributed by atoms with E-state index in [0.29, 0.717) is 16.3 Å². The smallest absolute Gasteiger partial charge is 0.255 e. The van der Waals surface area contributed by atoms with E-state index >= 15 is 0 Å². The van der Waals surface area contributed by atoms with Crippen molar-refractivity contribution in [1.82, 2.24) is 9.47 Å². The number of rotatable bonds is 5. The van der Waals surface area contributed by atoms with Crippen molar-refractivity contribution < 1.29 is 13.6 Å². The third-order valence-corrected chi connectivity index (χ3v) is 5.76. The van der Waals surface area contributed by atoms with Crippen LogP contribution >= 0.6 is 11.6 Å². The molecule has 1 saturated heterocycles. The summed E-state index contributed by atoms with van der Waals surface area (Å²) in [4.78, 5) is 20.5. The number of hydrogen-bond donors (Lipinski definition) is 0. The lowest BCUT2D eigenvalue weighted by Crippen LogP contribution is -2.33. The number of nitrogens with zero attached hydrogens (tertiary/aromatic N) is 3. The van der Waals surface area contributed by atoms with Gasteiger partial charge in [0.2, 0.25) is 0 Å². The molecule has 0 spiro atoms. The number of oxime groups is 1. The molecule has 0 bridgehead atoms. The average Bonchev–Trinajstić information content (AvgIpc) is 2.78. The number of benzene rings is 2. The molecule has 166 valence electrons. The van der Waals surface area contributed by atoms with Gasteiger partial charge in [-0.05, 0) is 50.2 Å². The number of likely N-dealkylation sites (tertiary alicyclic amines) is 1. The van der Waals surface area contributed by atoms with E-state index in [-0.39, 0.29) is 22.9 Å². The summed E-state index contributed by atoms with van der Waals surface area (Å²) in [5, 5.41) is 4.67. The number of hydrogen-bond acceptors (Lipinski definition) is 4. The SMILES string of the molecule is CN1CCC(O/N=C(/c2ccc(=O)n(-c3ccccc3Cl)c2)c2ccc(F)cc2F)CC1. The van der Waals surface area contributed by atoms with E-state index in [4.69, 9.17) is 16.4 Å². The summed E-state index contributed by atoms with van der Waals surface area (Å²) in [6.07, 6.45) is 3.00. The van der Waals surface area contributed by atoms with Crippen molar-refractivity contribution >= 4 is 17.3 Å². The topological polar surface area (TPSA) is 46.8 Å². The molecule has 0 unspecified atom stereocenters. The van der Waals surface area contributed by atoms with Crippen LogP contribution in [-0.2, 0) is 4.84 Å². The maximum atomic E-state index is 14.7. The van der Waals surface area contributed by atoms with Gasteiger partial charge in [-0.25, -0.2) is 8.78 Å². The van der Waals surface area contributed by atoms with E-state index in [0.717, 1.165) is 38.1 Å². The molecule has 5 nitrogen and oxygen atoms in total. The minimum Gasteiger partial charge on any atom is -0.392 e. The van der Waals surface area contributed by atoms with Crippen LogP contribution in [0, 0.1) is 11.6 Å². The highest BCUT2D eigenvalue weighted by Gasteiger charge is 2.20. The second-order valence-corrected chi connectivity index (χ2v) is 8.16. The zero-order chi connectivity index (χ0) is 22.7. The molecule has 0 aliphatic carbocycles. The molecule has 0 amide bonds. The Morgan fingerprint density at radius 3 is 2.56 bits per heavy atom. The monoisotopic (exact) mass is 457 g/mol. The highest BCUT2D eigenvalue weighted by Crippen LogP contribution is 2.21. The summed E-state index contributed by atoms with van der Waals surface area (Å²) in [5.74, 6) is -1.46. The van der Waals surface area contributed by atoms with Crippen molar-refractivity contribution in [2.24, 2.45) is 5.16 Å². The van der Waals surface area contributed by atoms with Crippen LogP contribution in [0.5, 0.6) is 0 Å². The fourth-order valence-electron chi connectivity index (χ4n) is 3.62. The molecule has 3 aromatic rings. The molecule has 8 heteroatoms. The van der Waals surface area contributed by atoms with Crippen molar-refractivity contribution in [2.45, 2.75) is 18.9 Å². The van der Waals surface area contributed by atoms with E-state index in [9.17, 15) is 13.6 Å². The van der Waals surface area contributed by atoms with Crippen molar-refractivity contribution in [3.63, 3.8) is 0 Å². The highest BCUT2D eigenvalue weighted by atomic mass is 35.5. The van der Waals surface area contributed by atoms with Gasteiger partial charge in [-0.2, -0.15) is 0 Å². The zero-order valence-corrected chi connectivity index (χ0v) is 18.2. The first-order valence-electron chi connectivity index (χ1n) is 10.3. The van der Waals surface area contributed by atoms with Crippen LogP contribution in [0.4, 0.5) is 8.78 Å². The largest absolute Gasteiger partial charge is 0.392 e. The summed E-state index contributed by atoms with van der Waals surface area (Å²) in [7, 11) is 2.04. The van der Waals surface area contributed by atoms with Gasteiger partial charge in [0, 0.05) is 42.5 Å². The molecule has 1 aromatic heterocycles. The average molecular weight is 458 g/mol. The second-order valence-electron chi connectivity index (χ2n) is 7.75. The summed E-state index contributed by atoms with van der Waals surface area (Å²) in [6, 6.07) is 13.1. The Hall–Kier alpha value is -3.03. The highest BCUT2D eigenvalue weighted by molar-refractivity contribution is 6.32. The van der Waals surface area contributed by atoms with Gasteiger partial charge < -0.3 is 9.74 Å². The van der Waals surface area contributed by atoms with Gasteiger partial charge in [-0.15, -0.1) is 0 Å². The number of pyridine rings is 1. The van der Waals surface area contributed by atoms with Gasteiger partial charge in [0.15, 0.2) is 0 Å². The number of aromatic nitrogens is 1. The number of piperidine rings is 1. The van der Waals surface area contributed by atoms with E-state index in [1.807, 2.05) is 7.05 Å². The van der Waals surface area contributed by atoms with Crippen LogP contribution in [0.3, 0.4) is 0 Å². The van der Waals surface area contributed by atoms with Crippen molar-refractivity contribution in [3.05, 3.63) is 98.9 Å². The molecule has 4 rings (SSSR count). The molecule has 0 saturated carbocycles. The summed E-state index contributed by atoms with van der Waals surface area (Å²) in [6.45, 7) is 1.75. The first-order valence-corrected chi connectivity index (χ1v) is 10.7. The Bertz CT molecular complexity index is 1200. The summed E-state index contributed by atoms with van der Waals surface area (Å²) >= 11 is 6.28. The molecule has 2 aromatic carbocycles. The van der Waals surface area contributed by atoms with Gasteiger partial charge in [0.1, 0.15) is 23.5 Å². The molecule has 1 fully saturated rings. The van der Waals surface area contributed by atoms with Crippen molar-refractivity contribution in [3.8, 4) is 5.69 Å². The molecular weight excluding hydrogens is 436 g/mol. The van der Waals surface area contributed by atoms with Crippen molar-refractivity contribution in [1.29, 1.82) is 0 Å². The molecule has 0 atom stereocenters. The third kappa shape index (κ3) is 4.89. The molecule has 1 aliphatic heterocycles. The van der Waals surface area contributed by atoms with Crippen molar-refractivity contribution in [2.75, 3.05) is 20.1 Å². The van der Waals surface area contributed by atoms with Crippen LogP contribution in [0.15, 0.2) is 70.7 Å². The second kappa shape index (κ2) is 9.63. The predicted molar refractivity (Wildman–Crippen MR) is 121 cm³/mol. The Morgan fingerprint density at radius 2 is 1.84 bits per heavy atom. The van der Waals surface area contributed by atoms with E-state index in [2.05, 4.69) is 10.1 Å². The summed E-state index contributed by atoms with van der Waals surface area (Å²) < 4.78 is 29.6. The first kappa shape index (κ1) is 22.2. The minimum atomic E-state index is -0.772. The number of para-hydroxylation sites is 1. The van der Waals surface area contributed by atoms with E-state index < -0.39 is 11.6 Å². The molecule has 1 aliphatic rings. The third-order valence-electron chi connectivity index (χ3n) is 5.44. The molecule has 32 heavy (non-hydrogen) atoms. The normalized spacial score (nSPS) is 15.7. The van der Waals surface area contributed by atoms with Gasteiger partial charge >= 0.3 is 0 Å². The molecule has 0 N–H and O–H groups in total. The fourth-order valence-corrected chi connectivity index (χ4v) is 3.85. The van der Waals surface area contributed by atoms with Crippen LogP contribution in [0.2, 0.25) is 5.02 Å². The van der Waals surface area contributed by atoms with Gasteiger partial charge in [0.05, 0.1) is 10.7 Å². The predicted octanol–water partition coefficient (Wildman–Crippen LogP) is 4.63. The van der Waals surface area contributed by atoms with E-state index in [1.54, 1.807) is 24.3 Å². The van der Waals surface area contributed by atoms with Crippen LogP contribution < -0.4 is 5.56 Å². The minimum absolute atomic E-state index is 0.0729. The maximum absolute atomic E-state index is 14.7. The Labute approximate surface area is 189 Å². The zero-order valence-electron chi connectivity index (χ0n) is 17.5. The fraction of sp³-hybridized carbons (Fsp3) is 0.250. The Kier molecular flexibility index (Phi) is 6.67. The van der Waals surface area contributed by atoms with Crippen LogP contribution in [0.1, 0.15) is 24.0 Å². The van der Waals surface area contributed by atoms with Gasteiger partial charge in [0.25, 0.3) is 5.56 Å². The molecule has 2 heterocycles. The van der Waals surface area contributed by atoms with Gasteiger partial charge in [-0.3, -0.25) is 9.36 Å². The quantitative estimate of drug-likeness (QED) is 0.414. The Morgan fingerprint density at radius 1 is 1.09 bits per heavy atom. The van der Waals surface area contributed by atoms with Crippen LogP contribution in [-0.4, -0.2) is 41.4 Å². The van der Waals surface area contributed by atoms with E-state index in [1.165, 1.54) is 29.0 Å².